The average Bonchev–Trinajstić information content (AvgIpc) is 3.50. The Morgan fingerprint density at radius 1 is 1.26 bits per heavy atom. The predicted octanol–water partition coefficient (Wildman–Crippen LogP) is 5.55. The van der Waals surface area contributed by atoms with Gasteiger partial charge in [-0.3, -0.25) is 4.99 Å². The number of allylic oxidation sites excluding steroid dienone is 1. The van der Waals surface area contributed by atoms with Gasteiger partial charge in [0.2, 0.25) is 5.89 Å². The molecule has 2 bridgehead atoms. The molecule has 2 atom stereocenters. The quantitative estimate of drug-likeness (QED) is 0.338. The van der Waals surface area contributed by atoms with Crippen LogP contribution >= 0.6 is 0 Å². The number of nitrogens with zero attached hydrogens (tertiary/aromatic N) is 5. The van der Waals surface area contributed by atoms with Crippen LogP contribution < -0.4 is 0 Å². The van der Waals surface area contributed by atoms with Crippen molar-refractivity contribution in [2.45, 2.75) is 57.6 Å². The number of aliphatic imine (C=N–C) groups is 2. The molecule has 2 heterocycles. The van der Waals surface area contributed by atoms with Crippen LogP contribution in [0, 0.1) is 17.0 Å². The zero-order chi connectivity index (χ0) is 28.2. The maximum atomic E-state index is 14.5. The van der Waals surface area contributed by atoms with Gasteiger partial charge in [-0.1, -0.05) is 26.8 Å². The summed E-state index contributed by atoms with van der Waals surface area (Å²) < 4.78 is 58.7. The van der Waals surface area contributed by atoms with Gasteiger partial charge in [-0.25, -0.2) is 27.2 Å². The lowest BCUT2D eigenvalue weighted by Gasteiger charge is -2.38. The van der Waals surface area contributed by atoms with E-state index in [4.69, 9.17) is 9.41 Å². The fourth-order valence-electron chi connectivity index (χ4n) is 6.17. The normalized spacial score (nSPS) is 22.3. The number of fused-ring (bicyclic) bond motifs is 5. The fraction of sp³-hybridized carbons (Fsp3) is 0.393. The van der Waals surface area contributed by atoms with E-state index in [1.54, 1.807) is 26.1 Å². The predicted molar refractivity (Wildman–Crippen MR) is 144 cm³/mol. The highest BCUT2D eigenvalue weighted by Gasteiger charge is 2.65. The van der Waals surface area contributed by atoms with Gasteiger partial charge in [0.05, 0.1) is 39.5 Å². The zero-order valence-electron chi connectivity index (χ0n) is 22.2. The molecule has 0 saturated heterocycles. The van der Waals surface area contributed by atoms with Crippen LogP contribution in [0.5, 0.6) is 0 Å². The average molecular weight is 554 g/mol. The minimum absolute atomic E-state index is 0.00460. The van der Waals surface area contributed by atoms with Crippen LogP contribution in [0.15, 0.2) is 56.8 Å². The third-order valence-electron chi connectivity index (χ3n) is 8.21. The van der Waals surface area contributed by atoms with Crippen molar-refractivity contribution in [2.75, 3.05) is 5.75 Å². The zero-order valence-corrected chi connectivity index (χ0v) is 23.0. The Balaban J connectivity index is 1.59. The van der Waals surface area contributed by atoms with Crippen LogP contribution in [0.1, 0.15) is 69.3 Å². The molecule has 0 N–H and O–H groups in total. The molecule has 8 nitrogen and oxygen atoms in total. The summed E-state index contributed by atoms with van der Waals surface area (Å²) in [7, 11) is -3.28. The van der Waals surface area contributed by atoms with Crippen molar-refractivity contribution in [2.24, 2.45) is 15.4 Å². The summed E-state index contributed by atoms with van der Waals surface area (Å²) in [5, 5.41) is 8.80. The summed E-state index contributed by atoms with van der Waals surface area (Å²) in [5.41, 5.74) is 1.75. The van der Waals surface area contributed by atoms with Gasteiger partial charge in [-0.15, -0.1) is 5.10 Å². The topological polar surface area (TPSA) is 111 Å². The molecule has 0 amide bonds. The molecule has 0 unspecified atom stereocenters. The second kappa shape index (κ2) is 9.55. The smallest absolute Gasteiger partial charge is 0.240 e. The summed E-state index contributed by atoms with van der Waals surface area (Å²) in [6, 6.07) is 5.45. The fourth-order valence-corrected chi connectivity index (χ4v) is 6.96. The van der Waals surface area contributed by atoms with Crippen molar-refractivity contribution in [3.63, 3.8) is 0 Å². The van der Waals surface area contributed by atoms with Crippen LogP contribution in [-0.4, -0.2) is 41.8 Å². The molecular formula is C28H29F2N5O3S. The van der Waals surface area contributed by atoms with Crippen LogP contribution in [0.3, 0.4) is 0 Å². The van der Waals surface area contributed by atoms with Gasteiger partial charge >= 0.3 is 0 Å². The molecule has 3 aromatic rings. The number of aromatic nitrogens is 3. The third kappa shape index (κ3) is 4.23. The maximum Gasteiger partial charge on any atom is 0.240 e. The van der Waals surface area contributed by atoms with Crippen LogP contribution in [0.4, 0.5) is 8.78 Å². The van der Waals surface area contributed by atoms with Gasteiger partial charge in [0.25, 0.3) is 0 Å². The molecule has 0 aliphatic heterocycles. The second-order valence-electron chi connectivity index (χ2n) is 10.6. The molecule has 204 valence electrons. The van der Waals surface area contributed by atoms with E-state index in [9.17, 15) is 17.2 Å². The van der Waals surface area contributed by atoms with Gasteiger partial charge < -0.3 is 4.42 Å². The molecule has 2 aromatic heterocycles. The van der Waals surface area contributed by atoms with Gasteiger partial charge in [-0.2, -0.15) is 5.10 Å². The van der Waals surface area contributed by atoms with E-state index in [-0.39, 0.29) is 40.0 Å². The molecular weight excluding hydrogens is 524 g/mol. The standard InChI is InChI=1S/C28H29F2N5O3S/c1-6-39(36,37)15-17-14-38-26(33-17)16(2)32-23(13-31-5)28-11-10-19(27(28,3)4)18-12-22(34-35-25(18)28)24-20(29)8-7-9-21(24)30/h7-9,12-14,19H,5-6,10-11,15H2,1-4H3/b23-13-,32-16?/t19-,28-/m0/s1. The molecule has 1 fully saturated rings. The molecule has 1 aromatic carbocycles. The molecule has 11 heteroatoms. The highest BCUT2D eigenvalue weighted by molar-refractivity contribution is 7.90. The Morgan fingerprint density at radius 3 is 2.64 bits per heavy atom. The number of halogens is 2. The van der Waals surface area contributed by atoms with Crippen molar-refractivity contribution in [3.8, 4) is 11.3 Å². The van der Waals surface area contributed by atoms with Crippen molar-refractivity contribution in [3.05, 3.63) is 76.9 Å². The highest BCUT2D eigenvalue weighted by atomic mass is 32.2. The Bertz CT molecular complexity index is 1620. The summed E-state index contributed by atoms with van der Waals surface area (Å²) in [4.78, 5) is 13.2. The molecule has 2 aliphatic carbocycles. The van der Waals surface area contributed by atoms with Crippen molar-refractivity contribution < 1.29 is 21.6 Å². The lowest BCUT2D eigenvalue weighted by atomic mass is 9.66. The summed E-state index contributed by atoms with van der Waals surface area (Å²) >= 11 is 0. The molecule has 5 rings (SSSR count). The lowest BCUT2D eigenvalue weighted by Crippen LogP contribution is -2.37. The van der Waals surface area contributed by atoms with E-state index < -0.39 is 26.9 Å². The Kier molecular flexibility index (Phi) is 6.61. The van der Waals surface area contributed by atoms with E-state index in [0.717, 1.165) is 12.0 Å². The Morgan fingerprint density at radius 2 is 1.97 bits per heavy atom. The van der Waals surface area contributed by atoms with Gasteiger partial charge in [0.1, 0.15) is 23.6 Å². The van der Waals surface area contributed by atoms with E-state index >= 15 is 0 Å². The molecule has 39 heavy (non-hydrogen) atoms. The number of sulfone groups is 1. The van der Waals surface area contributed by atoms with Crippen LogP contribution in [0.2, 0.25) is 0 Å². The van der Waals surface area contributed by atoms with E-state index in [1.165, 1.54) is 24.5 Å². The minimum Gasteiger partial charge on any atom is -0.443 e. The van der Waals surface area contributed by atoms with Crippen LogP contribution in [0.25, 0.3) is 11.3 Å². The Hall–Kier alpha value is -3.60. The monoisotopic (exact) mass is 553 g/mol. The van der Waals surface area contributed by atoms with Crippen molar-refractivity contribution in [1.82, 2.24) is 15.2 Å². The van der Waals surface area contributed by atoms with Crippen LogP contribution in [-0.2, 0) is 21.0 Å². The number of oxazole rings is 1. The number of benzene rings is 1. The molecule has 0 radical (unpaired) electrons. The second-order valence-corrected chi connectivity index (χ2v) is 12.9. The largest absolute Gasteiger partial charge is 0.443 e. The Labute approximate surface area is 225 Å². The van der Waals surface area contributed by atoms with Gasteiger partial charge in [0.15, 0.2) is 9.84 Å². The maximum absolute atomic E-state index is 14.5. The molecule has 1 saturated carbocycles. The van der Waals surface area contributed by atoms with E-state index in [1.807, 2.05) is 0 Å². The third-order valence-corrected chi connectivity index (χ3v) is 9.82. The molecule has 0 spiro atoms. The summed E-state index contributed by atoms with van der Waals surface area (Å²) in [5.74, 6) is -1.36. The van der Waals surface area contributed by atoms with Crippen molar-refractivity contribution in [1.29, 1.82) is 0 Å². The van der Waals surface area contributed by atoms with E-state index in [2.05, 4.69) is 40.7 Å². The summed E-state index contributed by atoms with van der Waals surface area (Å²) in [6.45, 7) is 11.2. The highest BCUT2D eigenvalue weighted by Crippen LogP contribution is 2.70. The number of rotatable bonds is 8. The first kappa shape index (κ1) is 27.0. The van der Waals surface area contributed by atoms with Gasteiger partial charge in [0, 0.05) is 12.0 Å². The first-order valence-corrected chi connectivity index (χ1v) is 14.5. The number of hydrogen-bond donors (Lipinski definition) is 0. The summed E-state index contributed by atoms with van der Waals surface area (Å²) in [6.07, 6.45) is 4.43. The lowest BCUT2D eigenvalue weighted by molar-refractivity contribution is 0.241. The molecule has 2 aliphatic rings. The van der Waals surface area contributed by atoms with Crippen molar-refractivity contribution >= 4 is 22.3 Å². The first-order valence-electron chi connectivity index (χ1n) is 12.6. The first-order chi connectivity index (χ1) is 18.4. The van der Waals surface area contributed by atoms with E-state index in [0.29, 0.717) is 29.2 Å². The van der Waals surface area contributed by atoms with Gasteiger partial charge in [-0.05, 0) is 61.6 Å². The number of hydrogen-bond acceptors (Lipinski definition) is 8. The minimum atomic E-state index is -3.28. The SMILES string of the molecule is C=N/C=C(\N=C(C)c1nc(CS(=O)(=O)CC)co1)[C@@]12CC[C@@H](c3cc(-c4c(F)cccc4F)nnc31)C2(C)C.